The van der Waals surface area contributed by atoms with Gasteiger partial charge in [-0.25, -0.2) is 4.39 Å². The number of aromatic nitrogens is 1. The van der Waals surface area contributed by atoms with Crippen LogP contribution >= 0.6 is 0 Å². The lowest BCUT2D eigenvalue weighted by Gasteiger charge is -2.26. The van der Waals surface area contributed by atoms with Gasteiger partial charge in [-0.15, -0.1) is 0 Å². The molecule has 1 rings (SSSR count). The van der Waals surface area contributed by atoms with E-state index < -0.39 is 0 Å². The van der Waals surface area contributed by atoms with Crippen molar-refractivity contribution in [1.82, 2.24) is 4.98 Å². The Morgan fingerprint density at radius 1 is 1.57 bits per heavy atom. The van der Waals surface area contributed by atoms with Crippen LogP contribution in [0.2, 0.25) is 0 Å². The summed E-state index contributed by atoms with van der Waals surface area (Å²) in [5.41, 5.74) is 0.0928. The van der Waals surface area contributed by atoms with Crippen LogP contribution in [0, 0.1) is 5.82 Å². The number of hydrogen-bond acceptors (Lipinski definition) is 3. The summed E-state index contributed by atoms with van der Waals surface area (Å²) in [6.45, 7) is 3.89. The number of rotatable bonds is 4. The Balaban J connectivity index is 2.73. The predicted molar refractivity (Wildman–Crippen MR) is 53.6 cm³/mol. The van der Waals surface area contributed by atoms with Crippen molar-refractivity contribution in [3.05, 3.63) is 24.3 Å². The molecule has 1 aromatic heterocycles. The molecular weight excluding hydrogens is 183 g/mol. The summed E-state index contributed by atoms with van der Waals surface area (Å²) in [6.07, 6.45) is 3.26. The van der Waals surface area contributed by atoms with Crippen LogP contribution in [0.15, 0.2) is 18.5 Å². The molecule has 4 heteroatoms. The van der Waals surface area contributed by atoms with Crippen LogP contribution in [0.1, 0.15) is 20.3 Å². The van der Waals surface area contributed by atoms with Gasteiger partial charge in [0.2, 0.25) is 0 Å². The molecule has 1 aromatic rings. The topological polar surface area (TPSA) is 45.1 Å². The zero-order valence-corrected chi connectivity index (χ0v) is 8.42. The minimum Gasteiger partial charge on any atom is -0.396 e. The molecule has 0 unspecified atom stereocenters. The lowest BCUT2D eigenvalue weighted by atomic mass is 10.0. The predicted octanol–water partition coefficient (Wildman–Crippen LogP) is 1.79. The number of aliphatic hydroxyl groups excluding tert-OH is 1. The fraction of sp³-hybridized carbons (Fsp3) is 0.500. The minimum atomic E-state index is -0.376. The Morgan fingerprint density at radius 2 is 2.29 bits per heavy atom. The van der Waals surface area contributed by atoms with Crippen molar-refractivity contribution in [2.24, 2.45) is 0 Å². The molecule has 78 valence electrons. The first-order valence-corrected chi connectivity index (χ1v) is 4.54. The molecule has 0 radical (unpaired) electrons. The molecule has 3 nitrogen and oxygen atoms in total. The van der Waals surface area contributed by atoms with Gasteiger partial charge in [0.15, 0.2) is 5.82 Å². The largest absolute Gasteiger partial charge is 0.396 e. The maximum atomic E-state index is 13.2. The number of hydrogen-bond donors (Lipinski definition) is 2. The average molecular weight is 198 g/mol. The summed E-state index contributed by atoms with van der Waals surface area (Å²) < 4.78 is 13.2. The van der Waals surface area contributed by atoms with Crippen LogP contribution in [0.4, 0.5) is 10.1 Å². The Hall–Kier alpha value is -1.16. The van der Waals surface area contributed by atoms with Gasteiger partial charge >= 0.3 is 0 Å². The number of nitrogens with one attached hydrogen (secondary N) is 1. The van der Waals surface area contributed by atoms with E-state index in [2.05, 4.69) is 10.3 Å². The number of pyridine rings is 1. The van der Waals surface area contributed by atoms with Crippen LogP contribution < -0.4 is 5.32 Å². The summed E-state index contributed by atoms with van der Waals surface area (Å²) >= 11 is 0. The van der Waals surface area contributed by atoms with Gasteiger partial charge < -0.3 is 10.4 Å². The molecule has 0 spiro atoms. The summed E-state index contributed by atoms with van der Waals surface area (Å²) in [7, 11) is 0. The fourth-order valence-corrected chi connectivity index (χ4v) is 1.18. The van der Waals surface area contributed by atoms with Gasteiger partial charge in [0, 0.05) is 18.3 Å². The molecule has 2 N–H and O–H groups in total. The van der Waals surface area contributed by atoms with Crippen molar-refractivity contribution in [3.8, 4) is 0 Å². The van der Waals surface area contributed by atoms with Gasteiger partial charge in [-0.05, 0) is 26.3 Å². The second-order valence-electron chi connectivity index (χ2n) is 3.84. The standard InChI is InChI=1S/C10H15FN2O/c1-10(2,4-6-14)13-9-3-5-12-7-8(9)11/h3,5,7,14H,4,6H2,1-2H3,(H,12,13). The molecule has 0 aliphatic carbocycles. The third kappa shape index (κ3) is 2.96. The molecular formula is C10H15FN2O. The SMILES string of the molecule is CC(C)(CCO)Nc1ccncc1F. The van der Waals surface area contributed by atoms with Crippen molar-refractivity contribution in [3.63, 3.8) is 0 Å². The Bertz CT molecular complexity index is 302. The molecule has 0 atom stereocenters. The second kappa shape index (κ2) is 4.37. The lowest BCUT2D eigenvalue weighted by Crippen LogP contribution is -2.32. The van der Waals surface area contributed by atoms with Crippen molar-refractivity contribution in [2.75, 3.05) is 11.9 Å². The molecule has 0 fully saturated rings. The monoisotopic (exact) mass is 198 g/mol. The highest BCUT2D eigenvalue weighted by atomic mass is 19.1. The highest BCUT2D eigenvalue weighted by molar-refractivity contribution is 5.44. The molecule has 0 aliphatic rings. The van der Waals surface area contributed by atoms with Crippen molar-refractivity contribution >= 4 is 5.69 Å². The maximum absolute atomic E-state index is 13.2. The number of halogens is 1. The van der Waals surface area contributed by atoms with E-state index in [1.165, 1.54) is 6.20 Å². The van der Waals surface area contributed by atoms with E-state index in [0.717, 1.165) is 6.20 Å². The number of nitrogens with zero attached hydrogens (tertiary/aromatic N) is 1. The van der Waals surface area contributed by atoms with E-state index in [1.54, 1.807) is 6.07 Å². The van der Waals surface area contributed by atoms with Crippen LogP contribution in [0.5, 0.6) is 0 Å². The second-order valence-corrected chi connectivity index (χ2v) is 3.84. The summed E-state index contributed by atoms with van der Waals surface area (Å²) in [5.74, 6) is -0.376. The quantitative estimate of drug-likeness (QED) is 0.775. The smallest absolute Gasteiger partial charge is 0.164 e. The van der Waals surface area contributed by atoms with Crippen molar-refractivity contribution in [1.29, 1.82) is 0 Å². The normalized spacial score (nSPS) is 11.4. The fourth-order valence-electron chi connectivity index (χ4n) is 1.18. The van der Waals surface area contributed by atoms with Gasteiger partial charge in [-0.2, -0.15) is 0 Å². The van der Waals surface area contributed by atoms with E-state index >= 15 is 0 Å². The van der Waals surface area contributed by atoms with Crippen LogP contribution in [0.3, 0.4) is 0 Å². The number of anilines is 1. The van der Waals surface area contributed by atoms with E-state index in [-0.39, 0.29) is 18.0 Å². The molecule has 0 bridgehead atoms. The van der Waals surface area contributed by atoms with Gasteiger partial charge in [-0.3, -0.25) is 4.98 Å². The summed E-state index contributed by atoms with van der Waals surface area (Å²) in [4.78, 5) is 3.66. The van der Waals surface area contributed by atoms with E-state index in [4.69, 9.17) is 5.11 Å². The molecule has 1 heterocycles. The van der Waals surface area contributed by atoms with E-state index in [0.29, 0.717) is 12.1 Å². The maximum Gasteiger partial charge on any atom is 0.164 e. The van der Waals surface area contributed by atoms with Crippen LogP contribution in [-0.2, 0) is 0 Å². The molecule has 14 heavy (non-hydrogen) atoms. The van der Waals surface area contributed by atoms with E-state index in [9.17, 15) is 4.39 Å². The van der Waals surface area contributed by atoms with Crippen molar-refractivity contribution in [2.45, 2.75) is 25.8 Å². The highest BCUT2D eigenvalue weighted by Crippen LogP contribution is 2.19. The number of aliphatic hydroxyl groups is 1. The zero-order chi connectivity index (χ0) is 10.6. The first kappa shape index (κ1) is 10.9. The summed E-state index contributed by atoms with van der Waals surface area (Å²) in [5, 5.41) is 11.8. The molecule has 0 saturated heterocycles. The van der Waals surface area contributed by atoms with E-state index in [1.807, 2.05) is 13.8 Å². The Labute approximate surface area is 83.0 Å². The molecule has 0 amide bonds. The molecule has 0 aliphatic heterocycles. The third-order valence-electron chi connectivity index (χ3n) is 1.98. The van der Waals surface area contributed by atoms with Gasteiger partial charge in [0.1, 0.15) is 0 Å². The third-order valence-corrected chi connectivity index (χ3v) is 1.98. The van der Waals surface area contributed by atoms with Gasteiger partial charge in [0.25, 0.3) is 0 Å². The van der Waals surface area contributed by atoms with Gasteiger partial charge in [0.05, 0.1) is 11.9 Å². The van der Waals surface area contributed by atoms with Gasteiger partial charge in [-0.1, -0.05) is 0 Å². The lowest BCUT2D eigenvalue weighted by molar-refractivity contribution is 0.260. The minimum absolute atomic E-state index is 0.0761. The van der Waals surface area contributed by atoms with Crippen molar-refractivity contribution < 1.29 is 9.50 Å². The van der Waals surface area contributed by atoms with Crippen LogP contribution in [0.25, 0.3) is 0 Å². The molecule has 0 saturated carbocycles. The average Bonchev–Trinajstić information content (AvgIpc) is 2.08. The first-order valence-electron chi connectivity index (χ1n) is 4.54. The van der Waals surface area contributed by atoms with Crippen LogP contribution in [-0.4, -0.2) is 22.2 Å². The highest BCUT2D eigenvalue weighted by Gasteiger charge is 2.17. The zero-order valence-electron chi connectivity index (χ0n) is 8.42. The molecule has 0 aromatic carbocycles. The Kier molecular flexibility index (Phi) is 3.41. The first-order chi connectivity index (χ1) is 6.55. The Morgan fingerprint density at radius 3 is 2.86 bits per heavy atom. The summed E-state index contributed by atoms with van der Waals surface area (Å²) in [6, 6.07) is 1.58.